The third kappa shape index (κ3) is 1.48. The molecule has 0 amide bonds. The molecule has 21 heavy (non-hydrogen) atoms. The molecule has 0 unspecified atom stereocenters. The van der Waals surface area contributed by atoms with Crippen molar-refractivity contribution in [1.29, 1.82) is 0 Å². The van der Waals surface area contributed by atoms with Gasteiger partial charge in [-0.3, -0.25) is 9.20 Å². The number of nitrogens with zero attached hydrogens (tertiary/aromatic N) is 2. The standard InChI is InChI=1S/C16H11N3O2/c1-9-6-7-13-11(8-9)14(18-21)15-17-12-5-3-2-4-10(12)16(20)19(13)15/h2-8,17H,1H3. The first-order valence-electron chi connectivity index (χ1n) is 6.60. The van der Waals surface area contributed by atoms with Crippen LogP contribution in [0.25, 0.3) is 27.5 Å². The normalized spacial score (nSPS) is 11.5. The lowest BCUT2D eigenvalue weighted by Gasteiger charge is -2.01. The predicted octanol–water partition coefficient (Wildman–Crippen LogP) is 3.64. The van der Waals surface area contributed by atoms with Gasteiger partial charge in [-0.1, -0.05) is 23.8 Å². The number of aryl methyl sites for hydroxylation is 1. The van der Waals surface area contributed by atoms with Crippen molar-refractivity contribution in [2.75, 3.05) is 0 Å². The number of H-pyrrole nitrogens is 1. The Balaban J connectivity index is 2.39. The van der Waals surface area contributed by atoms with Crippen LogP contribution in [-0.2, 0) is 0 Å². The average Bonchev–Trinajstić information content (AvgIpc) is 2.80. The van der Waals surface area contributed by atoms with Crippen LogP contribution >= 0.6 is 0 Å². The van der Waals surface area contributed by atoms with Crippen molar-refractivity contribution < 1.29 is 0 Å². The van der Waals surface area contributed by atoms with E-state index in [4.69, 9.17) is 0 Å². The summed E-state index contributed by atoms with van der Waals surface area (Å²) in [5.41, 5.74) is 2.96. The van der Waals surface area contributed by atoms with E-state index in [1.165, 1.54) is 4.40 Å². The van der Waals surface area contributed by atoms with Gasteiger partial charge in [-0.25, -0.2) is 0 Å². The smallest absolute Gasteiger partial charge is 0.266 e. The minimum atomic E-state index is -0.150. The third-order valence-corrected chi connectivity index (χ3v) is 3.80. The van der Waals surface area contributed by atoms with Gasteiger partial charge in [0.15, 0.2) is 5.69 Å². The molecule has 2 heterocycles. The van der Waals surface area contributed by atoms with Gasteiger partial charge in [0, 0.05) is 5.39 Å². The monoisotopic (exact) mass is 277 g/mol. The number of nitroso groups, excluding NO2 is 1. The zero-order valence-corrected chi connectivity index (χ0v) is 11.3. The largest absolute Gasteiger partial charge is 0.339 e. The molecule has 0 fully saturated rings. The number of para-hydroxylation sites is 1. The van der Waals surface area contributed by atoms with Gasteiger partial charge in [0.25, 0.3) is 5.56 Å². The van der Waals surface area contributed by atoms with Crippen molar-refractivity contribution in [3.05, 3.63) is 63.3 Å². The highest BCUT2D eigenvalue weighted by Gasteiger charge is 2.16. The molecule has 4 aromatic rings. The molecule has 5 heteroatoms. The lowest BCUT2D eigenvalue weighted by molar-refractivity contribution is 1.15. The first-order valence-corrected chi connectivity index (χ1v) is 6.60. The van der Waals surface area contributed by atoms with Gasteiger partial charge in [-0.15, -0.1) is 4.91 Å². The molecule has 0 atom stereocenters. The molecule has 102 valence electrons. The number of aromatic nitrogens is 2. The molecule has 0 radical (unpaired) electrons. The van der Waals surface area contributed by atoms with Crippen molar-refractivity contribution in [1.82, 2.24) is 9.38 Å². The van der Waals surface area contributed by atoms with E-state index in [2.05, 4.69) is 10.2 Å². The van der Waals surface area contributed by atoms with Crippen LogP contribution in [-0.4, -0.2) is 9.38 Å². The van der Waals surface area contributed by atoms with Gasteiger partial charge < -0.3 is 4.98 Å². The topological polar surface area (TPSA) is 66.7 Å². The fourth-order valence-corrected chi connectivity index (χ4v) is 2.83. The number of nitrogens with one attached hydrogen (secondary N) is 1. The zero-order valence-electron chi connectivity index (χ0n) is 11.3. The maximum Gasteiger partial charge on any atom is 0.266 e. The average molecular weight is 277 g/mol. The fourth-order valence-electron chi connectivity index (χ4n) is 2.83. The molecule has 0 aliphatic heterocycles. The van der Waals surface area contributed by atoms with Crippen LogP contribution < -0.4 is 5.56 Å². The molecule has 0 saturated carbocycles. The van der Waals surface area contributed by atoms with Gasteiger partial charge in [-0.05, 0) is 36.4 Å². The van der Waals surface area contributed by atoms with Crippen molar-refractivity contribution in [2.24, 2.45) is 5.18 Å². The third-order valence-electron chi connectivity index (χ3n) is 3.80. The summed E-state index contributed by atoms with van der Waals surface area (Å²) in [6, 6.07) is 12.9. The van der Waals surface area contributed by atoms with Gasteiger partial charge in [0.2, 0.25) is 0 Å². The van der Waals surface area contributed by atoms with E-state index in [0.717, 1.165) is 5.56 Å². The minimum absolute atomic E-state index is 0.150. The minimum Gasteiger partial charge on any atom is -0.339 e. The first kappa shape index (κ1) is 11.8. The number of aromatic amines is 1. The van der Waals surface area contributed by atoms with Gasteiger partial charge in [0.05, 0.1) is 16.4 Å². The molecule has 4 rings (SSSR count). The zero-order chi connectivity index (χ0) is 14.6. The second kappa shape index (κ2) is 4.02. The molecule has 0 spiro atoms. The Kier molecular flexibility index (Phi) is 2.27. The number of hydrogen-bond acceptors (Lipinski definition) is 3. The Morgan fingerprint density at radius 2 is 1.90 bits per heavy atom. The number of fused-ring (bicyclic) bond motifs is 4. The van der Waals surface area contributed by atoms with Crippen molar-refractivity contribution in [2.45, 2.75) is 6.92 Å². The quantitative estimate of drug-likeness (QED) is 0.540. The Labute approximate surface area is 118 Å². The van der Waals surface area contributed by atoms with Crippen LogP contribution in [0.3, 0.4) is 0 Å². The molecule has 0 aliphatic rings. The molecule has 1 N–H and O–H groups in total. The Morgan fingerprint density at radius 3 is 2.71 bits per heavy atom. The van der Waals surface area contributed by atoms with Gasteiger partial charge in [0.1, 0.15) is 5.65 Å². The van der Waals surface area contributed by atoms with Crippen LogP contribution in [0.5, 0.6) is 0 Å². The molecular weight excluding hydrogens is 266 g/mol. The molecule has 2 aromatic heterocycles. The fraction of sp³-hybridized carbons (Fsp3) is 0.0625. The van der Waals surface area contributed by atoms with Crippen molar-refractivity contribution in [3.63, 3.8) is 0 Å². The lowest BCUT2D eigenvalue weighted by atomic mass is 10.1. The molecular formula is C16H11N3O2. The van der Waals surface area contributed by atoms with E-state index >= 15 is 0 Å². The molecule has 0 aliphatic carbocycles. The second-order valence-electron chi connectivity index (χ2n) is 5.12. The molecule has 2 aromatic carbocycles. The van der Waals surface area contributed by atoms with E-state index in [0.29, 0.717) is 27.5 Å². The number of rotatable bonds is 1. The van der Waals surface area contributed by atoms with E-state index in [1.54, 1.807) is 6.07 Å². The SMILES string of the molecule is Cc1ccc2c(c1)c(N=O)c1[nH]c3ccccc3c(=O)n12. The van der Waals surface area contributed by atoms with Crippen LogP contribution in [0.4, 0.5) is 5.69 Å². The van der Waals surface area contributed by atoms with Crippen molar-refractivity contribution in [3.8, 4) is 0 Å². The first-order chi connectivity index (χ1) is 10.2. The summed E-state index contributed by atoms with van der Waals surface area (Å²) in [6.07, 6.45) is 0. The van der Waals surface area contributed by atoms with E-state index in [-0.39, 0.29) is 11.2 Å². The van der Waals surface area contributed by atoms with Crippen LogP contribution in [0.2, 0.25) is 0 Å². The van der Waals surface area contributed by atoms with E-state index in [9.17, 15) is 9.70 Å². The Morgan fingerprint density at radius 1 is 1.10 bits per heavy atom. The second-order valence-corrected chi connectivity index (χ2v) is 5.12. The highest BCUT2D eigenvalue weighted by molar-refractivity contribution is 6.02. The summed E-state index contributed by atoms with van der Waals surface area (Å²) in [7, 11) is 0. The number of hydrogen-bond donors (Lipinski definition) is 1. The van der Waals surface area contributed by atoms with E-state index in [1.807, 2.05) is 43.3 Å². The lowest BCUT2D eigenvalue weighted by Crippen LogP contribution is -2.13. The van der Waals surface area contributed by atoms with Gasteiger partial charge >= 0.3 is 0 Å². The van der Waals surface area contributed by atoms with Crippen LogP contribution in [0, 0.1) is 11.8 Å². The summed E-state index contributed by atoms with van der Waals surface area (Å²) < 4.78 is 1.52. The molecule has 0 bridgehead atoms. The summed E-state index contributed by atoms with van der Waals surface area (Å²) in [5.74, 6) is 0. The molecule has 0 saturated heterocycles. The van der Waals surface area contributed by atoms with Crippen molar-refractivity contribution >= 4 is 33.1 Å². The summed E-state index contributed by atoms with van der Waals surface area (Å²) in [4.78, 5) is 27.1. The summed E-state index contributed by atoms with van der Waals surface area (Å²) >= 11 is 0. The Hall–Kier alpha value is -2.95. The maximum absolute atomic E-state index is 12.7. The Bertz CT molecular complexity index is 1090. The van der Waals surface area contributed by atoms with Crippen LogP contribution in [0.15, 0.2) is 52.4 Å². The maximum atomic E-state index is 12.7. The highest BCUT2D eigenvalue weighted by atomic mass is 16.3. The number of benzene rings is 2. The van der Waals surface area contributed by atoms with Crippen LogP contribution in [0.1, 0.15) is 5.56 Å². The van der Waals surface area contributed by atoms with E-state index < -0.39 is 0 Å². The summed E-state index contributed by atoms with van der Waals surface area (Å²) in [6.45, 7) is 1.94. The highest BCUT2D eigenvalue weighted by Crippen LogP contribution is 2.33. The molecule has 5 nitrogen and oxygen atoms in total. The predicted molar refractivity (Wildman–Crippen MR) is 83.2 cm³/mol. The van der Waals surface area contributed by atoms with Gasteiger partial charge in [-0.2, -0.15) is 0 Å². The summed E-state index contributed by atoms with van der Waals surface area (Å²) in [5, 5.41) is 4.41.